The van der Waals surface area contributed by atoms with Gasteiger partial charge in [0.05, 0.1) is 5.75 Å². The molecule has 0 saturated heterocycles. The third-order valence-corrected chi connectivity index (χ3v) is 8.07. The summed E-state index contributed by atoms with van der Waals surface area (Å²) >= 11 is 1.38. The van der Waals surface area contributed by atoms with E-state index in [0.29, 0.717) is 24.3 Å². The highest BCUT2D eigenvalue weighted by Crippen LogP contribution is 2.22. The molecule has 1 fully saturated rings. The van der Waals surface area contributed by atoms with Gasteiger partial charge in [0.1, 0.15) is 11.9 Å². The van der Waals surface area contributed by atoms with Gasteiger partial charge in [0, 0.05) is 24.8 Å². The van der Waals surface area contributed by atoms with Crippen molar-refractivity contribution in [3.63, 3.8) is 0 Å². The molecule has 0 aromatic heterocycles. The van der Waals surface area contributed by atoms with Crippen LogP contribution in [0.2, 0.25) is 0 Å². The molecule has 38 heavy (non-hydrogen) atoms. The van der Waals surface area contributed by atoms with Crippen LogP contribution in [0.5, 0.6) is 0 Å². The van der Waals surface area contributed by atoms with Crippen molar-refractivity contribution in [1.82, 2.24) is 10.2 Å². The molecular weight excluding hydrogens is 495 g/mol. The van der Waals surface area contributed by atoms with Crippen LogP contribution in [0.1, 0.15) is 54.4 Å². The maximum Gasteiger partial charge on any atom is 0.243 e. The Morgan fingerprint density at radius 2 is 1.66 bits per heavy atom. The molecule has 4 nitrogen and oxygen atoms in total. The summed E-state index contributed by atoms with van der Waals surface area (Å²) in [6.07, 6.45) is 5.84. The Kier molecular flexibility index (Phi) is 10.4. The number of nitrogens with one attached hydrogen (secondary N) is 1. The van der Waals surface area contributed by atoms with Crippen molar-refractivity contribution in [2.75, 3.05) is 5.75 Å². The van der Waals surface area contributed by atoms with Crippen molar-refractivity contribution in [1.29, 1.82) is 0 Å². The Balaban J connectivity index is 1.57. The Labute approximate surface area is 230 Å². The van der Waals surface area contributed by atoms with Crippen LogP contribution < -0.4 is 5.32 Å². The number of hydrogen-bond acceptors (Lipinski definition) is 3. The lowest BCUT2D eigenvalue weighted by Crippen LogP contribution is -2.53. The normalized spacial score (nSPS) is 14.6. The molecule has 200 valence electrons. The second kappa shape index (κ2) is 14.1. The highest BCUT2D eigenvalue weighted by molar-refractivity contribution is 7.99. The Morgan fingerprint density at radius 3 is 2.39 bits per heavy atom. The van der Waals surface area contributed by atoms with Crippen LogP contribution in [0.15, 0.2) is 78.9 Å². The lowest BCUT2D eigenvalue weighted by atomic mass is 9.94. The van der Waals surface area contributed by atoms with Crippen molar-refractivity contribution < 1.29 is 14.0 Å². The van der Waals surface area contributed by atoms with Gasteiger partial charge in [-0.15, -0.1) is 11.8 Å². The van der Waals surface area contributed by atoms with Gasteiger partial charge in [-0.2, -0.15) is 0 Å². The second-order valence-electron chi connectivity index (χ2n) is 10.1. The van der Waals surface area contributed by atoms with Crippen LogP contribution in [0.25, 0.3) is 0 Å². The van der Waals surface area contributed by atoms with E-state index in [0.717, 1.165) is 42.4 Å². The average molecular weight is 533 g/mol. The van der Waals surface area contributed by atoms with Crippen molar-refractivity contribution >= 4 is 23.6 Å². The SMILES string of the molecule is Cc1cccc(CN(C(=O)CSCc2ccccc2F)[C@@H](Cc2ccccc2)C(=O)NC2CCCCC2)c1. The number of thioether (sulfide) groups is 1. The molecule has 1 aliphatic carbocycles. The summed E-state index contributed by atoms with van der Waals surface area (Å²) in [5.41, 5.74) is 3.68. The molecule has 6 heteroatoms. The smallest absolute Gasteiger partial charge is 0.243 e. The van der Waals surface area contributed by atoms with Crippen LogP contribution in [0.4, 0.5) is 4.39 Å². The maximum absolute atomic E-state index is 14.1. The molecule has 4 rings (SSSR count). The van der Waals surface area contributed by atoms with Gasteiger partial charge in [-0.05, 0) is 42.5 Å². The summed E-state index contributed by atoms with van der Waals surface area (Å²) in [7, 11) is 0. The summed E-state index contributed by atoms with van der Waals surface area (Å²) < 4.78 is 14.1. The van der Waals surface area contributed by atoms with Crippen LogP contribution in [-0.4, -0.2) is 34.6 Å². The van der Waals surface area contributed by atoms with E-state index in [9.17, 15) is 14.0 Å². The monoisotopic (exact) mass is 532 g/mol. The van der Waals surface area contributed by atoms with Crippen molar-refractivity contribution in [3.8, 4) is 0 Å². The number of nitrogens with zero attached hydrogens (tertiary/aromatic N) is 1. The first kappa shape index (κ1) is 27.9. The molecule has 1 saturated carbocycles. The first-order chi connectivity index (χ1) is 18.5. The molecule has 3 aromatic carbocycles. The van der Waals surface area contributed by atoms with Gasteiger partial charge in [-0.1, -0.05) is 97.6 Å². The van der Waals surface area contributed by atoms with Crippen molar-refractivity contribution in [2.24, 2.45) is 0 Å². The number of hydrogen-bond donors (Lipinski definition) is 1. The molecule has 0 radical (unpaired) electrons. The summed E-state index contributed by atoms with van der Waals surface area (Å²) in [6, 6.07) is 24.1. The van der Waals surface area contributed by atoms with Crippen LogP contribution in [0.3, 0.4) is 0 Å². The molecule has 0 unspecified atom stereocenters. The molecule has 1 atom stereocenters. The summed E-state index contributed by atoms with van der Waals surface area (Å²) in [5.74, 6) is 0.0857. The Hall–Kier alpha value is -3.12. The average Bonchev–Trinajstić information content (AvgIpc) is 2.93. The van der Waals surface area contributed by atoms with Gasteiger partial charge >= 0.3 is 0 Å². The van der Waals surface area contributed by atoms with E-state index in [2.05, 4.69) is 11.4 Å². The maximum atomic E-state index is 14.1. The molecular formula is C32H37FN2O2S. The fourth-order valence-electron chi connectivity index (χ4n) is 5.05. The predicted molar refractivity (Wildman–Crippen MR) is 153 cm³/mol. The fraction of sp³-hybridized carbons (Fsp3) is 0.375. The van der Waals surface area contributed by atoms with E-state index in [1.807, 2.05) is 55.5 Å². The minimum Gasteiger partial charge on any atom is -0.352 e. The fourth-order valence-corrected chi connectivity index (χ4v) is 5.95. The number of halogens is 1. The summed E-state index contributed by atoms with van der Waals surface area (Å²) in [6.45, 7) is 2.37. The molecule has 0 aliphatic heterocycles. The number of benzene rings is 3. The Morgan fingerprint density at radius 1 is 0.947 bits per heavy atom. The quantitative estimate of drug-likeness (QED) is 0.309. The van der Waals surface area contributed by atoms with E-state index < -0.39 is 6.04 Å². The number of aryl methyl sites for hydroxylation is 1. The van der Waals surface area contributed by atoms with Crippen LogP contribution >= 0.6 is 11.8 Å². The minimum absolute atomic E-state index is 0.0964. The van der Waals surface area contributed by atoms with E-state index in [4.69, 9.17) is 0 Å². The highest BCUT2D eigenvalue weighted by Gasteiger charge is 2.31. The number of carbonyl (C=O) groups excluding carboxylic acids is 2. The van der Waals surface area contributed by atoms with E-state index in [1.54, 1.807) is 23.1 Å². The third kappa shape index (κ3) is 8.19. The second-order valence-corrected chi connectivity index (χ2v) is 11.1. The van der Waals surface area contributed by atoms with Crippen LogP contribution in [-0.2, 0) is 28.3 Å². The zero-order chi connectivity index (χ0) is 26.7. The van der Waals surface area contributed by atoms with Gasteiger partial charge in [-0.3, -0.25) is 9.59 Å². The summed E-state index contributed by atoms with van der Waals surface area (Å²) in [4.78, 5) is 29.3. The lowest BCUT2D eigenvalue weighted by Gasteiger charge is -2.33. The molecule has 0 bridgehead atoms. The zero-order valence-corrected chi connectivity index (χ0v) is 22.9. The summed E-state index contributed by atoms with van der Waals surface area (Å²) in [5, 5.41) is 3.27. The number of rotatable bonds is 11. The molecule has 3 aromatic rings. The van der Waals surface area contributed by atoms with Gasteiger partial charge in [0.2, 0.25) is 11.8 Å². The zero-order valence-electron chi connectivity index (χ0n) is 22.1. The number of carbonyl (C=O) groups is 2. The van der Waals surface area contributed by atoms with Gasteiger partial charge in [0.15, 0.2) is 0 Å². The molecule has 0 heterocycles. The first-order valence-electron chi connectivity index (χ1n) is 13.5. The largest absolute Gasteiger partial charge is 0.352 e. The lowest BCUT2D eigenvalue weighted by molar-refractivity contribution is -0.139. The standard InChI is InChI=1S/C32H37FN2O2S/c1-24-11-10-14-26(19-24)21-35(31(36)23-38-22-27-15-8-9-18-29(27)33)30(20-25-12-4-2-5-13-25)32(37)34-28-16-6-3-7-17-28/h2,4-5,8-15,18-19,28,30H,3,6-7,16-17,20-23H2,1H3,(H,34,37)/t30-/m0/s1. The van der Waals surface area contributed by atoms with Crippen molar-refractivity contribution in [2.45, 2.75) is 69.8 Å². The molecule has 1 aliphatic rings. The van der Waals surface area contributed by atoms with Crippen LogP contribution in [0, 0.1) is 12.7 Å². The number of amides is 2. The Bertz CT molecular complexity index is 1200. The first-order valence-corrected chi connectivity index (χ1v) is 14.7. The molecule has 2 amide bonds. The topological polar surface area (TPSA) is 49.4 Å². The van der Waals surface area contributed by atoms with E-state index in [1.165, 1.54) is 24.2 Å². The predicted octanol–water partition coefficient (Wildman–Crippen LogP) is 6.46. The molecule has 1 N–H and O–H groups in total. The minimum atomic E-state index is -0.638. The highest BCUT2D eigenvalue weighted by atomic mass is 32.2. The van der Waals surface area contributed by atoms with E-state index >= 15 is 0 Å². The van der Waals surface area contributed by atoms with Gasteiger partial charge < -0.3 is 10.2 Å². The van der Waals surface area contributed by atoms with Gasteiger partial charge in [-0.25, -0.2) is 4.39 Å². The van der Waals surface area contributed by atoms with Gasteiger partial charge in [0.25, 0.3) is 0 Å². The molecule has 0 spiro atoms. The van der Waals surface area contributed by atoms with Crippen molar-refractivity contribution in [3.05, 3.63) is 107 Å². The third-order valence-electron chi connectivity index (χ3n) is 7.10. The van der Waals surface area contributed by atoms with E-state index in [-0.39, 0.29) is 29.4 Å².